The first-order chi connectivity index (χ1) is 8.59. The van der Waals surface area contributed by atoms with Crippen molar-refractivity contribution in [3.8, 4) is 0 Å². The van der Waals surface area contributed by atoms with E-state index in [1.807, 2.05) is 6.07 Å². The third-order valence-electron chi connectivity index (χ3n) is 2.53. The zero-order valence-electron chi connectivity index (χ0n) is 9.24. The summed E-state index contributed by atoms with van der Waals surface area (Å²) >= 11 is 11.6. The molecule has 1 nitrogen and oxygen atoms in total. The van der Waals surface area contributed by atoms with Crippen LogP contribution in [-0.2, 0) is 0 Å². The molecule has 0 aliphatic carbocycles. The molecule has 0 amide bonds. The molecule has 0 bridgehead atoms. The van der Waals surface area contributed by atoms with Gasteiger partial charge in [0.05, 0.1) is 5.02 Å². The van der Waals surface area contributed by atoms with Crippen LogP contribution < -0.4 is 0 Å². The second-order valence-electron chi connectivity index (χ2n) is 3.77. The van der Waals surface area contributed by atoms with Gasteiger partial charge in [0.1, 0.15) is 11.2 Å². The van der Waals surface area contributed by atoms with E-state index in [-0.39, 0.29) is 16.4 Å². The second kappa shape index (κ2) is 5.51. The minimum absolute atomic E-state index is 0.0163. The molecule has 0 fully saturated rings. The Morgan fingerprint density at radius 1 is 1.11 bits per heavy atom. The summed E-state index contributed by atoms with van der Waals surface area (Å²) < 4.78 is 13.3. The Kier molecular flexibility index (Phi) is 4.00. The Morgan fingerprint density at radius 3 is 2.39 bits per heavy atom. The van der Waals surface area contributed by atoms with Gasteiger partial charge in [-0.25, -0.2) is 4.39 Å². The van der Waals surface area contributed by atoms with Gasteiger partial charge in [-0.3, -0.25) is 4.79 Å². The average molecular weight is 283 g/mol. The first-order valence-electron chi connectivity index (χ1n) is 5.28. The van der Waals surface area contributed by atoms with E-state index in [4.69, 9.17) is 23.2 Å². The van der Waals surface area contributed by atoms with E-state index in [0.29, 0.717) is 5.56 Å². The first kappa shape index (κ1) is 13.1. The van der Waals surface area contributed by atoms with Crippen LogP contribution in [-0.4, -0.2) is 5.78 Å². The maximum Gasteiger partial charge on any atom is 0.185 e. The molecule has 1 unspecified atom stereocenters. The maximum atomic E-state index is 13.3. The number of benzene rings is 2. The highest BCUT2D eigenvalue weighted by Crippen LogP contribution is 2.26. The van der Waals surface area contributed by atoms with Gasteiger partial charge in [-0.15, -0.1) is 11.6 Å². The maximum absolute atomic E-state index is 13.3. The zero-order chi connectivity index (χ0) is 13.1. The number of hydrogen-bond donors (Lipinski definition) is 0. The van der Waals surface area contributed by atoms with Gasteiger partial charge in [-0.1, -0.05) is 41.9 Å². The van der Waals surface area contributed by atoms with E-state index in [9.17, 15) is 9.18 Å². The Bertz CT molecular complexity index is 569. The van der Waals surface area contributed by atoms with Crippen LogP contribution in [0.3, 0.4) is 0 Å². The fourth-order valence-corrected chi connectivity index (χ4v) is 1.96. The van der Waals surface area contributed by atoms with E-state index in [0.717, 1.165) is 6.07 Å². The van der Waals surface area contributed by atoms with Gasteiger partial charge in [-0.2, -0.15) is 0 Å². The van der Waals surface area contributed by atoms with Crippen molar-refractivity contribution in [1.82, 2.24) is 0 Å². The van der Waals surface area contributed by atoms with Gasteiger partial charge in [0.25, 0.3) is 0 Å². The highest BCUT2D eigenvalue weighted by atomic mass is 35.5. The van der Waals surface area contributed by atoms with Crippen molar-refractivity contribution in [3.05, 3.63) is 70.5 Å². The van der Waals surface area contributed by atoms with Gasteiger partial charge in [0, 0.05) is 5.56 Å². The van der Waals surface area contributed by atoms with Crippen LogP contribution >= 0.6 is 23.2 Å². The molecule has 0 aromatic heterocycles. The third kappa shape index (κ3) is 2.71. The Morgan fingerprint density at radius 2 is 1.78 bits per heavy atom. The summed E-state index contributed by atoms with van der Waals surface area (Å²) in [5.74, 6) is -0.974. The van der Waals surface area contributed by atoms with Crippen molar-refractivity contribution >= 4 is 29.0 Å². The molecule has 0 aliphatic heterocycles. The summed E-state index contributed by atoms with van der Waals surface area (Å²) in [6, 6.07) is 12.8. The van der Waals surface area contributed by atoms with Crippen LogP contribution in [0.15, 0.2) is 48.5 Å². The number of Topliss-reactive ketones (excluding diaryl/α,β-unsaturated/α-hetero) is 1. The molecule has 0 aliphatic rings. The van der Waals surface area contributed by atoms with Crippen LogP contribution in [0.25, 0.3) is 0 Å². The van der Waals surface area contributed by atoms with Crippen LogP contribution in [0.1, 0.15) is 21.3 Å². The molecule has 0 heterocycles. The van der Waals surface area contributed by atoms with Crippen molar-refractivity contribution in [2.24, 2.45) is 0 Å². The summed E-state index contributed by atoms with van der Waals surface area (Å²) in [6.07, 6.45) is 0. The standard InChI is InChI=1S/C14H9Cl2FO/c15-11-7-6-10(8-12(11)17)14(18)13(16)9-4-2-1-3-5-9/h1-8,13H. The lowest BCUT2D eigenvalue weighted by atomic mass is 10.0. The molecule has 0 saturated heterocycles. The summed E-state index contributed by atoms with van der Waals surface area (Å²) in [4.78, 5) is 12.1. The molecular weight excluding hydrogens is 274 g/mol. The largest absolute Gasteiger partial charge is 0.292 e. The second-order valence-corrected chi connectivity index (χ2v) is 4.61. The molecule has 0 radical (unpaired) electrons. The van der Waals surface area contributed by atoms with Crippen LogP contribution in [0.2, 0.25) is 5.02 Å². The van der Waals surface area contributed by atoms with Gasteiger partial charge < -0.3 is 0 Å². The number of rotatable bonds is 3. The number of carbonyl (C=O) groups is 1. The van der Waals surface area contributed by atoms with Gasteiger partial charge in [-0.05, 0) is 23.8 Å². The average Bonchev–Trinajstić information content (AvgIpc) is 2.41. The summed E-state index contributed by atoms with van der Waals surface area (Å²) in [5, 5.41) is -0.843. The third-order valence-corrected chi connectivity index (χ3v) is 3.28. The fourth-order valence-electron chi connectivity index (χ4n) is 1.57. The molecule has 2 aromatic rings. The number of ketones is 1. The molecule has 0 spiro atoms. The van der Waals surface area contributed by atoms with Crippen LogP contribution in [0.5, 0.6) is 0 Å². The highest BCUT2D eigenvalue weighted by Gasteiger charge is 2.20. The molecule has 18 heavy (non-hydrogen) atoms. The number of halogens is 3. The summed E-state index contributed by atoms with van der Waals surface area (Å²) in [6.45, 7) is 0. The predicted octanol–water partition coefficient (Wildman–Crippen LogP) is 4.64. The Hall–Kier alpha value is -1.38. The van der Waals surface area contributed by atoms with Crippen molar-refractivity contribution in [1.29, 1.82) is 0 Å². The van der Waals surface area contributed by atoms with Gasteiger partial charge in [0.15, 0.2) is 5.78 Å². The van der Waals surface area contributed by atoms with Crippen molar-refractivity contribution < 1.29 is 9.18 Å². The topological polar surface area (TPSA) is 17.1 Å². The lowest BCUT2D eigenvalue weighted by Gasteiger charge is -2.09. The molecule has 2 aromatic carbocycles. The summed E-state index contributed by atoms with van der Waals surface area (Å²) in [7, 11) is 0. The van der Waals surface area contributed by atoms with E-state index in [1.54, 1.807) is 24.3 Å². The number of alkyl halides is 1. The number of carbonyl (C=O) groups excluding carboxylic acids is 1. The quantitative estimate of drug-likeness (QED) is 0.592. The minimum Gasteiger partial charge on any atom is -0.292 e. The Balaban J connectivity index is 2.29. The molecule has 1 atom stereocenters. The highest BCUT2D eigenvalue weighted by molar-refractivity contribution is 6.34. The van der Waals surface area contributed by atoms with E-state index in [2.05, 4.69) is 0 Å². The lowest BCUT2D eigenvalue weighted by molar-refractivity contribution is 0.0986. The molecule has 2 rings (SSSR count). The normalized spacial score (nSPS) is 12.2. The smallest absolute Gasteiger partial charge is 0.185 e. The molecule has 92 valence electrons. The van der Waals surface area contributed by atoms with Crippen molar-refractivity contribution in [2.45, 2.75) is 5.38 Å². The molecule has 0 saturated carbocycles. The summed E-state index contributed by atoms with van der Waals surface area (Å²) in [5.41, 5.74) is 0.889. The SMILES string of the molecule is O=C(c1ccc(Cl)c(F)c1)C(Cl)c1ccccc1. The predicted molar refractivity (Wildman–Crippen MR) is 70.8 cm³/mol. The molecule has 4 heteroatoms. The first-order valence-corrected chi connectivity index (χ1v) is 6.09. The lowest BCUT2D eigenvalue weighted by Crippen LogP contribution is -2.07. The zero-order valence-corrected chi connectivity index (χ0v) is 10.8. The monoisotopic (exact) mass is 282 g/mol. The van der Waals surface area contributed by atoms with Crippen molar-refractivity contribution in [2.75, 3.05) is 0 Å². The molecule has 0 N–H and O–H groups in total. The van der Waals surface area contributed by atoms with E-state index in [1.165, 1.54) is 12.1 Å². The number of hydrogen-bond acceptors (Lipinski definition) is 1. The van der Waals surface area contributed by atoms with E-state index < -0.39 is 11.2 Å². The van der Waals surface area contributed by atoms with Gasteiger partial charge >= 0.3 is 0 Å². The van der Waals surface area contributed by atoms with E-state index >= 15 is 0 Å². The van der Waals surface area contributed by atoms with Gasteiger partial charge in [0.2, 0.25) is 0 Å². The molecular formula is C14H9Cl2FO. The fraction of sp³-hybridized carbons (Fsp3) is 0.0714. The van der Waals surface area contributed by atoms with Crippen LogP contribution in [0.4, 0.5) is 4.39 Å². The Labute approximate surface area is 114 Å². The van der Waals surface area contributed by atoms with Crippen LogP contribution in [0, 0.1) is 5.82 Å². The van der Waals surface area contributed by atoms with Crippen molar-refractivity contribution in [3.63, 3.8) is 0 Å². The minimum atomic E-state index is -0.827.